The van der Waals surface area contributed by atoms with Gasteiger partial charge in [0.25, 0.3) is 11.5 Å². The van der Waals surface area contributed by atoms with Crippen LogP contribution >= 0.6 is 11.3 Å². The van der Waals surface area contributed by atoms with Gasteiger partial charge in [-0.25, -0.2) is 9.78 Å². The fourth-order valence-electron chi connectivity index (χ4n) is 2.48. The normalized spacial score (nSPS) is 10.7. The second kappa shape index (κ2) is 7.49. The zero-order chi connectivity index (χ0) is 19.5. The van der Waals surface area contributed by atoms with Gasteiger partial charge in [0.1, 0.15) is 17.1 Å². The van der Waals surface area contributed by atoms with Crippen molar-refractivity contribution < 1.29 is 18.7 Å². The number of carbonyl (C=O) groups excluding carboxylic acids is 2. The fourth-order valence-corrected chi connectivity index (χ4v) is 3.28. The summed E-state index contributed by atoms with van der Waals surface area (Å²) in [6, 6.07) is 12.8. The second-order valence-corrected chi connectivity index (χ2v) is 6.77. The Kier molecular flexibility index (Phi) is 4.73. The van der Waals surface area contributed by atoms with Gasteiger partial charge in [0.15, 0.2) is 5.76 Å². The molecule has 0 aliphatic heterocycles. The van der Waals surface area contributed by atoms with E-state index in [1.165, 1.54) is 22.8 Å². The van der Waals surface area contributed by atoms with E-state index in [4.69, 9.17) is 9.15 Å². The van der Waals surface area contributed by atoms with Gasteiger partial charge in [-0.15, -0.1) is 11.3 Å². The molecule has 0 aliphatic carbocycles. The molecule has 4 rings (SSSR count). The van der Waals surface area contributed by atoms with Crippen LogP contribution in [0.2, 0.25) is 0 Å². The number of amides is 1. The summed E-state index contributed by atoms with van der Waals surface area (Å²) in [5, 5.41) is 3.12. The van der Waals surface area contributed by atoms with E-state index in [0.717, 1.165) is 11.3 Å². The van der Waals surface area contributed by atoms with Crippen LogP contribution in [0.5, 0.6) is 0 Å². The van der Waals surface area contributed by atoms with Crippen LogP contribution in [0.1, 0.15) is 25.9 Å². The summed E-state index contributed by atoms with van der Waals surface area (Å²) in [5.41, 5.74) is 0.572. The number of furan rings is 1. The number of pyridine rings is 1. The number of aromatic nitrogens is 2. The van der Waals surface area contributed by atoms with Crippen molar-refractivity contribution in [2.24, 2.45) is 0 Å². The number of fused-ring (bicyclic) bond motifs is 1. The third-order valence-electron chi connectivity index (χ3n) is 3.76. The number of carbonyl (C=O) groups is 2. The van der Waals surface area contributed by atoms with Crippen molar-refractivity contribution in [1.29, 1.82) is 0 Å². The molecule has 1 N–H and O–H groups in total. The number of hydrogen-bond donors (Lipinski definition) is 1. The SMILES string of the molecule is O=C(Nc1ccc(C(=O)OCc2cc(=O)n3ccccc3n2)s1)c1ccco1. The molecule has 9 heteroatoms. The molecule has 0 aliphatic rings. The van der Waals surface area contributed by atoms with Crippen LogP contribution in [0.15, 0.2) is 70.2 Å². The van der Waals surface area contributed by atoms with E-state index in [-0.39, 0.29) is 17.9 Å². The zero-order valence-corrected chi connectivity index (χ0v) is 15.1. The average Bonchev–Trinajstić information content (AvgIpc) is 3.38. The molecular formula is C19H13N3O5S. The van der Waals surface area contributed by atoms with Crippen molar-refractivity contribution in [2.45, 2.75) is 6.61 Å². The predicted molar refractivity (Wildman–Crippen MR) is 102 cm³/mol. The minimum atomic E-state index is -0.571. The third-order valence-corrected chi connectivity index (χ3v) is 4.74. The quantitative estimate of drug-likeness (QED) is 0.521. The Labute approximate surface area is 162 Å². The van der Waals surface area contributed by atoms with Crippen molar-refractivity contribution in [3.8, 4) is 0 Å². The van der Waals surface area contributed by atoms with E-state index in [9.17, 15) is 14.4 Å². The van der Waals surface area contributed by atoms with Crippen molar-refractivity contribution in [3.05, 3.63) is 87.7 Å². The Morgan fingerprint density at radius 2 is 2.07 bits per heavy atom. The van der Waals surface area contributed by atoms with Crippen LogP contribution < -0.4 is 10.9 Å². The van der Waals surface area contributed by atoms with Crippen molar-refractivity contribution >= 4 is 33.9 Å². The highest BCUT2D eigenvalue weighted by atomic mass is 32.1. The van der Waals surface area contributed by atoms with E-state index in [1.54, 1.807) is 42.6 Å². The van der Waals surface area contributed by atoms with Crippen LogP contribution in [0, 0.1) is 0 Å². The molecule has 8 nitrogen and oxygen atoms in total. The number of esters is 1. The van der Waals surface area contributed by atoms with Gasteiger partial charge in [-0.3, -0.25) is 14.0 Å². The number of ether oxygens (including phenoxy) is 1. The van der Waals surface area contributed by atoms with Crippen molar-refractivity contribution in [2.75, 3.05) is 5.32 Å². The summed E-state index contributed by atoms with van der Waals surface area (Å²) in [7, 11) is 0. The van der Waals surface area contributed by atoms with E-state index < -0.39 is 11.9 Å². The molecule has 0 saturated heterocycles. The van der Waals surface area contributed by atoms with Crippen LogP contribution in [0.4, 0.5) is 5.00 Å². The Hall–Kier alpha value is -3.72. The molecule has 0 saturated carbocycles. The van der Waals surface area contributed by atoms with Gasteiger partial charge in [0.05, 0.1) is 17.0 Å². The summed E-state index contributed by atoms with van der Waals surface area (Å²) in [4.78, 5) is 40.9. The standard InChI is InChI=1S/C19H13N3O5S/c23-17-10-12(20-15-5-1-2-8-22(15)17)11-27-19(25)14-6-7-16(28-14)21-18(24)13-4-3-9-26-13/h1-10H,11H2,(H,21,24). The van der Waals surface area contributed by atoms with Gasteiger partial charge in [-0.2, -0.15) is 0 Å². The molecule has 4 heterocycles. The smallest absolute Gasteiger partial charge is 0.348 e. The maximum Gasteiger partial charge on any atom is 0.348 e. The lowest BCUT2D eigenvalue weighted by Crippen LogP contribution is -2.16. The topological polar surface area (TPSA) is 103 Å². The highest BCUT2D eigenvalue weighted by Crippen LogP contribution is 2.23. The Bertz CT molecular complexity index is 1210. The van der Waals surface area contributed by atoms with E-state index in [1.807, 2.05) is 0 Å². The summed E-state index contributed by atoms with van der Waals surface area (Å²) in [5.74, 6) is -0.808. The lowest BCUT2D eigenvalue weighted by molar-refractivity contribution is 0.0473. The van der Waals surface area contributed by atoms with Crippen LogP contribution in [-0.4, -0.2) is 21.3 Å². The molecule has 0 unspecified atom stereocenters. The van der Waals surface area contributed by atoms with Crippen molar-refractivity contribution in [1.82, 2.24) is 9.38 Å². The first-order valence-corrected chi connectivity index (χ1v) is 9.01. The fraction of sp³-hybridized carbons (Fsp3) is 0.0526. The largest absolute Gasteiger partial charge is 0.459 e. The molecule has 4 aromatic rings. The van der Waals surface area contributed by atoms with Crippen LogP contribution in [0.25, 0.3) is 5.65 Å². The van der Waals surface area contributed by atoms with Gasteiger partial charge >= 0.3 is 5.97 Å². The number of anilines is 1. The molecule has 0 bridgehead atoms. The number of nitrogens with one attached hydrogen (secondary N) is 1. The number of hydrogen-bond acceptors (Lipinski definition) is 7. The van der Waals surface area contributed by atoms with Crippen LogP contribution in [0.3, 0.4) is 0 Å². The first-order chi connectivity index (χ1) is 13.6. The average molecular weight is 395 g/mol. The zero-order valence-electron chi connectivity index (χ0n) is 14.3. The first-order valence-electron chi connectivity index (χ1n) is 8.19. The lowest BCUT2D eigenvalue weighted by atomic mass is 10.4. The summed E-state index contributed by atoms with van der Waals surface area (Å²) >= 11 is 1.07. The van der Waals surface area contributed by atoms with E-state index in [2.05, 4.69) is 10.3 Å². The molecule has 28 heavy (non-hydrogen) atoms. The lowest BCUT2D eigenvalue weighted by Gasteiger charge is -2.05. The summed E-state index contributed by atoms with van der Waals surface area (Å²) in [6.07, 6.45) is 3.02. The van der Waals surface area contributed by atoms with Crippen LogP contribution in [-0.2, 0) is 11.3 Å². The predicted octanol–water partition coefficient (Wildman–Crippen LogP) is 2.96. The monoisotopic (exact) mass is 395 g/mol. The summed E-state index contributed by atoms with van der Waals surface area (Å²) in [6.45, 7) is -0.133. The molecule has 0 aromatic carbocycles. The second-order valence-electron chi connectivity index (χ2n) is 5.69. The number of nitrogens with zero attached hydrogens (tertiary/aromatic N) is 2. The molecule has 0 fully saturated rings. The number of rotatable bonds is 5. The van der Waals surface area contributed by atoms with Gasteiger partial charge in [0, 0.05) is 12.3 Å². The maximum atomic E-state index is 12.2. The number of thiophene rings is 1. The molecule has 140 valence electrons. The highest BCUT2D eigenvalue weighted by molar-refractivity contribution is 7.18. The van der Waals surface area contributed by atoms with Gasteiger partial charge in [0.2, 0.25) is 0 Å². The molecule has 1 amide bonds. The first kappa shape index (κ1) is 17.7. The maximum absolute atomic E-state index is 12.2. The Balaban J connectivity index is 1.41. The minimum Gasteiger partial charge on any atom is -0.459 e. The third kappa shape index (κ3) is 3.69. The summed E-state index contributed by atoms with van der Waals surface area (Å²) < 4.78 is 11.7. The van der Waals surface area contributed by atoms with Gasteiger partial charge < -0.3 is 14.5 Å². The Morgan fingerprint density at radius 1 is 1.18 bits per heavy atom. The van der Waals surface area contributed by atoms with Crippen molar-refractivity contribution in [3.63, 3.8) is 0 Å². The van der Waals surface area contributed by atoms with E-state index in [0.29, 0.717) is 21.2 Å². The minimum absolute atomic E-state index is 0.133. The Morgan fingerprint density at radius 3 is 2.89 bits per heavy atom. The molecule has 0 spiro atoms. The molecule has 0 radical (unpaired) electrons. The molecule has 4 aromatic heterocycles. The molecule has 0 atom stereocenters. The van der Waals surface area contributed by atoms with E-state index >= 15 is 0 Å². The highest BCUT2D eigenvalue weighted by Gasteiger charge is 2.15. The van der Waals surface area contributed by atoms with Gasteiger partial charge in [-0.05, 0) is 36.4 Å². The van der Waals surface area contributed by atoms with Gasteiger partial charge in [-0.1, -0.05) is 6.07 Å². The molecular weight excluding hydrogens is 382 g/mol.